The van der Waals surface area contributed by atoms with E-state index in [9.17, 15) is 24.3 Å². The van der Waals surface area contributed by atoms with Gasteiger partial charge in [0, 0.05) is 12.1 Å². The van der Waals surface area contributed by atoms with Gasteiger partial charge in [0.05, 0.1) is 0 Å². The topological polar surface area (TPSA) is 241 Å². The lowest BCUT2D eigenvalue weighted by Gasteiger charge is -2.24. The van der Waals surface area contributed by atoms with Crippen molar-refractivity contribution in [3.05, 3.63) is 35.9 Å². The fourth-order valence-electron chi connectivity index (χ4n) is 3.66. The molecule has 38 heavy (non-hydrogen) atoms. The van der Waals surface area contributed by atoms with Crippen LogP contribution in [0.4, 0.5) is 0 Å². The number of amides is 3. The van der Waals surface area contributed by atoms with Gasteiger partial charge < -0.3 is 44.0 Å². The number of guanidine groups is 1. The summed E-state index contributed by atoms with van der Waals surface area (Å²) >= 11 is 0. The van der Waals surface area contributed by atoms with Gasteiger partial charge in [0.25, 0.3) is 5.91 Å². The average molecular weight is 535 g/mol. The van der Waals surface area contributed by atoms with Gasteiger partial charge in [-0.1, -0.05) is 18.2 Å². The summed E-state index contributed by atoms with van der Waals surface area (Å²) < 4.78 is 0. The Bertz CT molecular complexity index is 908. The highest BCUT2D eigenvalue weighted by atomic mass is 16.4. The van der Waals surface area contributed by atoms with E-state index >= 15 is 0 Å². The second kappa shape index (κ2) is 18.5. The van der Waals surface area contributed by atoms with E-state index in [1.54, 1.807) is 30.3 Å². The lowest BCUT2D eigenvalue weighted by Crippen LogP contribution is -2.55. The minimum Gasteiger partial charge on any atom is -0.480 e. The van der Waals surface area contributed by atoms with Crippen molar-refractivity contribution in [2.45, 2.75) is 69.5 Å². The largest absolute Gasteiger partial charge is 0.480 e. The Morgan fingerprint density at radius 3 is 1.74 bits per heavy atom. The summed E-state index contributed by atoms with van der Waals surface area (Å²) in [7, 11) is 0. The highest BCUT2D eigenvalue weighted by Gasteiger charge is 2.29. The molecule has 212 valence electrons. The first-order chi connectivity index (χ1) is 18.2. The van der Waals surface area contributed by atoms with Gasteiger partial charge in [-0.25, -0.2) is 4.79 Å². The van der Waals surface area contributed by atoms with Crippen molar-refractivity contribution in [2.24, 2.45) is 27.9 Å². The molecule has 0 radical (unpaired) electrons. The summed E-state index contributed by atoms with van der Waals surface area (Å²) in [5, 5.41) is 17.5. The van der Waals surface area contributed by atoms with Gasteiger partial charge in [-0.15, -0.1) is 0 Å². The molecule has 3 amide bonds. The van der Waals surface area contributed by atoms with Crippen LogP contribution < -0.4 is 38.9 Å². The number of unbranched alkanes of at least 4 members (excludes halogenated alkanes) is 2. The van der Waals surface area contributed by atoms with Crippen molar-refractivity contribution < 1.29 is 24.3 Å². The maximum atomic E-state index is 13.2. The van der Waals surface area contributed by atoms with E-state index < -0.39 is 41.8 Å². The molecule has 3 atom stereocenters. The number of nitrogens with zero attached hydrogens (tertiary/aromatic N) is 1. The highest BCUT2D eigenvalue weighted by molar-refractivity contribution is 5.98. The summed E-state index contributed by atoms with van der Waals surface area (Å²) in [6.07, 6.45) is 3.38. The zero-order chi connectivity index (χ0) is 28.3. The van der Waals surface area contributed by atoms with Crippen molar-refractivity contribution in [1.29, 1.82) is 0 Å². The number of carbonyl (C=O) groups excluding carboxylic acids is 3. The number of aliphatic imine (C=N–C) groups is 1. The summed E-state index contributed by atoms with van der Waals surface area (Å²) in [6.45, 7) is 1.05. The van der Waals surface area contributed by atoms with E-state index in [1.807, 2.05) is 0 Å². The summed E-state index contributed by atoms with van der Waals surface area (Å²) in [6, 6.07) is 5.35. The summed E-state index contributed by atoms with van der Waals surface area (Å²) in [5.41, 5.74) is 22.1. The third kappa shape index (κ3) is 13.0. The Labute approximate surface area is 223 Å². The van der Waals surface area contributed by atoms with Crippen LogP contribution in [-0.4, -0.2) is 72.5 Å². The molecule has 0 aliphatic carbocycles. The number of aliphatic carboxylic acids is 1. The zero-order valence-corrected chi connectivity index (χ0v) is 21.7. The molecule has 0 unspecified atom stereocenters. The molecule has 13 nitrogen and oxygen atoms in total. The number of carboxylic acids is 1. The molecule has 0 bridgehead atoms. The van der Waals surface area contributed by atoms with Crippen molar-refractivity contribution in [3.8, 4) is 0 Å². The molecule has 1 rings (SSSR count). The molecule has 12 N–H and O–H groups in total. The van der Waals surface area contributed by atoms with Gasteiger partial charge >= 0.3 is 5.97 Å². The number of carboxylic acid groups (broad SMARTS) is 1. The molecule has 13 heteroatoms. The zero-order valence-electron chi connectivity index (χ0n) is 21.7. The van der Waals surface area contributed by atoms with Gasteiger partial charge in [0.1, 0.15) is 18.1 Å². The quantitative estimate of drug-likeness (QED) is 0.0625. The summed E-state index contributed by atoms with van der Waals surface area (Å²) in [4.78, 5) is 54.5. The fourth-order valence-corrected chi connectivity index (χ4v) is 3.66. The van der Waals surface area contributed by atoms with E-state index in [0.717, 1.165) is 0 Å². The van der Waals surface area contributed by atoms with Crippen LogP contribution in [0.1, 0.15) is 61.7 Å². The number of hydrogen-bond donors (Lipinski definition) is 8. The van der Waals surface area contributed by atoms with Crippen LogP contribution in [0.2, 0.25) is 0 Å². The van der Waals surface area contributed by atoms with Gasteiger partial charge in [0.15, 0.2) is 5.96 Å². The SMILES string of the molecule is NCCCC[C@H](NC(=O)c1ccccc1)C(=O)N[C@@H](CCCCN)C(=O)N[C@@H](CCCN=C(N)N)C(=O)O. The smallest absolute Gasteiger partial charge is 0.326 e. The number of benzene rings is 1. The first-order valence-corrected chi connectivity index (χ1v) is 12.8. The van der Waals surface area contributed by atoms with Crippen molar-refractivity contribution in [2.75, 3.05) is 19.6 Å². The second-order valence-corrected chi connectivity index (χ2v) is 8.87. The van der Waals surface area contributed by atoms with Gasteiger partial charge in [0.2, 0.25) is 11.8 Å². The van der Waals surface area contributed by atoms with Gasteiger partial charge in [-0.05, 0) is 76.6 Å². The minimum absolute atomic E-state index is 0.0934. The Hall–Kier alpha value is -3.71. The van der Waals surface area contributed by atoms with Crippen LogP contribution in [0.15, 0.2) is 35.3 Å². The van der Waals surface area contributed by atoms with Crippen molar-refractivity contribution in [3.63, 3.8) is 0 Å². The molecule has 1 aromatic rings. The lowest BCUT2D eigenvalue weighted by atomic mass is 10.0. The molecule has 0 heterocycles. The molecule has 1 aromatic carbocycles. The van der Waals surface area contributed by atoms with E-state index in [1.165, 1.54) is 0 Å². The Kier molecular flexibility index (Phi) is 15.8. The molecule has 0 aliphatic heterocycles. The maximum Gasteiger partial charge on any atom is 0.326 e. The van der Waals surface area contributed by atoms with Crippen LogP contribution in [-0.2, 0) is 14.4 Å². The van der Waals surface area contributed by atoms with Crippen LogP contribution in [0.3, 0.4) is 0 Å². The predicted molar refractivity (Wildman–Crippen MR) is 145 cm³/mol. The first kappa shape index (κ1) is 32.3. The number of hydrogen-bond acceptors (Lipinski definition) is 7. The molecular weight excluding hydrogens is 492 g/mol. The van der Waals surface area contributed by atoms with Crippen molar-refractivity contribution >= 4 is 29.7 Å². The van der Waals surface area contributed by atoms with Crippen LogP contribution >= 0.6 is 0 Å². The molecular formula is C25H42N8O5. The Morgan fingerprint density at radius 2 is 1.24 bits per heavy atom. The number of nitrogens with two attached hydrogens (primary N) is 4. The molecule has 0 spiro atoms. The van der Waals surface area contributed by atoms with E-state index in [4.69, 9.17) is 22.9 Å². The monoisotopic (exact) mass is 534 g/mol. The number of carbonyl (C=O) groups is 4. The first-order valence-electron chi connectivity index (χ1n) is 12.8. The maximum absolute atomic E-state index is 13.2. The average Bonchev–Trinajstić information content (AvgIpc) is 2.89. The van der Waals surface area contributed by atoms with Crippen LogP contribution in [0, 0.1) is 0 Å². The Morgan fingerprint density at radius 1 is 0.737 bits per heavy atom. The van der Waals surface area contributed by atoms with E-state index in [2.05, 4.69) is 20.9 Å². The second-order valence-electron chi connectivity index (χ2n) is 8.87. The number of nitrogens with one attached hydrogen (secondary N) is 3. The molecule has 0 saturated carbocycles. The minimum atomic E-state index is -1.22. The molecule has 0 aliphatic rings. The third-order valence-corrected chi connectivity index (χ3v) is 5.74. The predicted octanol–water partition coefficient (Wildman–Crippen LogP) is -0.849. The van der Waals surface area contributed by atoms with E-state index in [0.29, 0.717) is 57.2 Å². The third-order valence-electron chi connectivity index (χ3n) is 5.74. The lowest BCUT2D eigenvalue weighted by molar-refractivity contribution is -0.142. The van der Waals surface area contributed by atoms with Gasteiger partial charge in [-0.3, -0.25) is 19.4 Å². The summed E-state index contributed by atoms with van der Waals surface area (Å²) in [5.74, 6) is -2.93. The van der Waals surface area contributed by atoms with E-state index in [-0.39, 0.29) is 25.3 Å². The fraction of sp³-hybridized carbons (Fsp3) is 0.560. The normalized spacial score (nSPS) is 13.0. The number of rotatable bonds is 19. The van der Waals surface area contributed by atoms with Crippen molar-refractivity contribution in [1.82, 2.24) is 16.0 Å². The van der Waals surface area contributed by atoms with Crippen LogP contribution in [0.25, 0.3) is 0 Å². The van der Waals surface area contributed by atoms with Crippen LogP contribution in [0.5, 0.6) is 0 Å². The molecule has 0 aromatic heterocycles. The standard InChI is InChI=1S/C25H42N8O5/c26-14-6-4-11-18(31-21(34)17-9-2-1-3-10-17)22(35)32-19(12-5-7-15-27)23(36)33-20(24(37)38)13-8-16-30-25(28)29/h1-3,9-10,18-20H,4-8,11-16,26-27H2,(H,31,34)(H,32,35)(H,33,36)(H,37,38)(H4,28,29,30)/t18-,19-,20-/m0/s1. The Balaban J connectivity index is 2.96. The molecule has 0 saturated heterocycles. The van der Waals surface area contributed by atoms with Gasteiger partial charge in [-0.2, -0.15) is 0 Å². The highest BCUT2D eigenvalue weighted by Crippen LogP contribution is 2.08. The molecule has 0 fully saturated rings.